The SMILES string of the molecule is Cn1cc(CN2C[C@@H]3C[C@H]2C(=O)N2CCC(CC2)CN(C(=O)c2ccccc2F)CCOCCOc2cccc(n2)C(=O)N3)cn1. The number of nitrogens with zero attached hydrogens (tertiary/aromatic N) is 6. The van der Waals surface area contributed by atoms with Gasteiger partial charge < -0.3 is 24.6 Å². The zero-order valence-electron chi connectivity index (χ0n) is 26.0. The van der Waals surface area contributed by atoms with E-state index >= 15 is 0 Å². The summed E-state index contributed by atoms with van der Waals surface area (Å²) in [7, 11) is 1.86. The van der Waals surface area contributed by atoms with Crippen molar-refractivity contribution >= 4 is 17.7 Å². The molecule has 244 valence electrons. The Kier molecular flexibility index (Phi) is 9.88. The molecule has 3 aromatic rings. The van der Waals surface area contributed by atoms with E-state index in [-0.39, 0.29) is 67.3 Å². The fourth-order valence-corrected chi connectivity index (χ4v) is 6.53. The van der Waals surface area contributed by atoms with E-state index < -0.39 is 11.9 Å². The second kappa shape index (κ2) is 14.4. The molecule has 1 N–H and O–H groups in total. The Morgan fingerprint density at radius 2 is 1.85 bits per heavy atom. The molecule has 2 saturated heterocycles. The van der Waals surface area contributed by atoms with Crippen LogP contribution < -0.4 is 10.1 Å². The summed E-state index contributed by atoms with van der Waals surface area (Å²) in [6.45, 7) is 3.58. The van der Waals surface area contributed by atoms with E-state index in [9.17, 15) is 18.8 Å². The summed E-state index contributed by atoms with van der Waals surface area (Å²) in [6.07, 6.45) is 5.64. The number of amides is 3. The molecule has 6 bridgehead atoms. The van der Waals surface area contributed by atoms with Crippen molar-refractivity contribution in [3.63, 3.8) is 0 Å². The number of pyridine rings is 1. The molecule has 0 unspecified atom stereocenters. The average Bonchev–Trinajstić information content (AvgIpc) is 3.66. The van der Waals surface area contributed by atoms with Gasteiger partial charge in [0.1, 0.15) is 18.1 Å². The van der Waals surface area contributed by atoms with Gasteiger partial charge in [-0.3, -0.25) is 24.0 Å². The molecule has 12 nitrogen and oxygen atoms in total. The minimum absolute atomic E-state index is 0.0302. The molecular formula is C33H40FN7O5. The number of piperidine rings is 1. The normalized spacial score (nSPS) is 23.5. The number of likely N-dealkylation sites (tertiary alicyclic amines) is 1. The highest BCUT2D eigenvalue weighted by Gasteiger charge is 2.40. The van der Waals surface area contributed by atoms with Crippen LogP contribution in [0.25, 0.3) is 0 Å². The number of carbonyl (C=O) groups excluding carboxylic acids is 3. The first-order valence-electron chi connectivity index (χ1n) is 15.9. The second-order valence-corrected chi connectivity index (χ2v) is 12.2. The third-order valence-corrected chi connectivity index (χ3v) is 8.90. The highest BCUT2D eigenvalue weighted by Crippen LogP contribution is 2.27. The highest BCUT2D eigenvalue weighted by atomic mass is 19.1. The van der Waals surface area contributed by atoms with Gasteiger partial charge in [-0.1, -0.05) is 18.2 Å². The summed E-state index contributed by atoms with van der Waals surface area (Å²) < 4.78 is 27.8. The van der Waals surface area contributed by atoms with Crippen LogP contribution in [0.5, 0.6) is 5.88 Å². The van der Waals surface area contributed by atoms with Crippen molar-refractivity contribution in [2.24, 2.45) is 13.0 Å². The second-order valence-electron chi connectivity index (χ2n) is 12.2. The van der Waals surface area contributed by atoms with Crippen molar-refractivity contribution in [1.82, 2.24) is 34.8 Å². The quantitative estimate of drug-likeness (QED) is 0.436. The lowest BCUT2D eigenvalue weighted by Gasteiger charge is -2.37. The first-order valence-corrected chi connectivity index (χ1v) is 15.9. The molecule has 1 aromatic carbocycles. The fourth-order valence-electron chi connectivity index (χ4n) is 6.53. The van der Waals surface area contributed by atoms with Gasteiger partial charge in [-0.05, 0) is 43.4 Å². The topological polar surface area (TPSA) is 122 Å². The monoisotopic (exact) mass is 633 g/mol. The lowest BCUT2D eigenvalue weighted by atomic mass is 9.95. The first kappa shape index (κ1) is 31.6. The molecule has 2 atom stereocenters. The van der Waals surface area contributed by atoms with Crippen molar-refractivity contribution in [2.45, 2.75) is 37.9 Å². The number of benzene rings is 1. The van der Waals surface area contributed by atoms with Gasteiger partial charge in [0.2, 0.25) is 11.8 Å². The molecule has 2 fully saturated rings. The van der Waals surface area contributed by atoms with E-state index in [1.165, 1.54) is 12.1 Å². The van der Waals surface area contributed by atoms with Crippen LogP contribution in [-0.4, -0.2) is 112 Å². The zero-order chi connectivity index (χ0) is 32.0. The molecular weight excluding hydrogens is 593 g/mol. The smallest absolute Gasteiger partial charge is 0.270 e. The third-order valence-electron chi connectivity index (χ3n) is 8.90. The molecule has 46 heavy (non-hydrogen) atoms. The predicted octanol–water partition coefficient (Wildman–Crippen LogP) is 2.12. The standard InChI is InChI=1S/C33H40FN7O5/c1-38-19-24(18-35-38)21-41-22-25-17-29(41)33(44)39-11-9-23(10-12-39)20-40(32(43)26-5-2-3-6-27(26)34)13-14-45-15-16-46-30-8-4-7-28(37-30)31(42)36-25/h2-8,18-19,23,25,29H,9-17,20-22H2,1H3,(H,36,42)/t25-,29-/m0/s1. The van der Waals surface area contributed by atoms with Crippen molar-refractivity contribution in [1.29, 1.82) is 0 Å². The van der Waals surface area contributed by atoms with Crippen molar-refractivity contribution in [3.8, 4) is 5.88 Å². The van der Waals surface area contributed by atoms with Gasteiger partial charge >= 0.3 is 0 Å². The minimum Gasteiger partial charge on any atom is -0.475 e. The van der Waals surface area contributed by atoms with Crippen molar-refractivity contribution in [3.05, 3.63) is 77.5 Å². The molecule has 0 radical (unpaired) electrons. The van der Waals surface area contributed by atoms with Crippen molar-refractivity contribution < 1.29 is 28.2 Å². The van der Waals surface area contributed by atoms with E-state index in [1.807, 2.05) is 18.1 Å². The third kappa shape index (κ3) is 7.53. The largest absolute Gasteiger partial charge is 0.475 e. The molecule has 3 amide bonds. The molecule has 4 aliphatic heterocycles. The van der Waals surface area contributed by atoms with E-state index in [2.05, 4.69) is 20.3 Å². The lowest BCUT2D eigenvalue weighted by molar-refractivity contribution is -0.137. The summed E-state index contributed by atoms with van der Waals surface area (Å²) in [5.41, 5.74) is 1.24. The molecule has 0 spiro atoms. The Bertz CT molecular complexity index is 1540. The lowest BCUT2D eigenvalue weighted by Crippen LogP contribution is -2.49. The van der Waals surface area contributed by atoms with E-state index in [0.29, 0.717) is 45.0 Å². The summed E-state index contributed by atoms with van der Waals surface area (Å²) in [5, 5.41) is 7.37. The maximum absolute atomic E-state index is 14.6. The van der Waals surface area contributed by atoms with Gasteiger partial charge in [0.05, 0.1) is 31.0 Å². The van der Waals surface area contributed by atoms with Crippen LogP contribution in [0.4, 0.5) is 4.39 Å². The molecule has 6 heterocycles. The Balaban J connectivity index is 1.22. The van der Waals surface area contributed by atoms with Crippen molar-refractivity contribution in [2.75, 3.05) is 52.5 Å². The first-order chi connectivity index (χ1) is 22.3. The minimum atomic E-state index is -0.557. The number of carbonyl (C=O) groups is 3. The summed E-state index contributed by atoms with van der Waals surface area (Å²) in [5.74, 6) is -0.787. The number of nitrogens with one attached hydrogen (secondary N) is 1. The van der Waals surface area contributed by atoms with Gasteiger partial charge in [0.25, 0.3) is 11.8 Å². The number of aryl methyl sites for hydroxylation is 1. The van der Waals surface area contributed by atoms with Crippen LogP contribution in [0.15, 0.2) is 54.9 Å². The molecule has 0 aliphatic carbocycles. The predicted molar refractivity (Wildman–Crippen MR) is 165 cm³/mol. The number of hydrogen-bond donors (Lipinski definition) is 1. The van der Waals surface area contributed by atoms with E-state index in [0.717, 1.165) is 18.4 Å². The summed E-state index contributed by atoms with van der Waals surface area (Å²) in [6, 6.07) is 10.4. The van der Waals surface area contributed by atoms with Crippen LogP contribution in [-0.2, 0) is 23.1 Å². The van der Waals surface area contributed by atoms with Crippen LogP contribution in [0.1, 0.15) is 45.7 Å². The molecule has 4 aliphatic rings. The Morgan fingerprint density at radius 3 is 2.63 bits per heavy atom. The molecule has 0 saturated carbocycles. The molecule has 7 rings (SSSR count). The Morgan fingerprint density at radius 1 is 1.02 bits per heavy atom. The van der Waals surface area contributed by atoms with Crippen LogP contribution >= 0.6 is 0 Å². The number of fused-ring (bicyclic) bond motifs is 10. The van der Waals surface area contributed by atoms with E-state index in [4.69, 9.17) is 9.47 Å². The van der Waals surface area contributed by atoms with E-state index in [1.54, 1.807) is 46.1 Å². The number of rotatable bonds is 3. The Hall–Kier alpha value is -4.36. The van der Waals surface area contributed by atoms with Crippen LogP contribution in [0.2, 0.25) is 0 Å². The number of hydrogen-bond acceptors (Lipinski definition) is 8. The summed E-state index contributed by atoms with van der Waals surface area (Å²) >= 11 is 0. The average molecular weight is 634 g/mol. The van der Waals surface area contributed by atoms with Gasteiger partial charge in [-0.25, -0.2) is 9.37 Å². The number of aromatic nitrogens is 3. The van der Waals surface area contributed by atoms with Gasteiger partial charge in [0, 0.05) is 70.2 Å². The molecule has 2 aromatic heterocycles. The Labute approximate surface area is 267 Å². The van der Waals surface area contributed by atoms with Crippen LogP contribution in [0, 0.1) is 11.7 Å². The van der Waals surface area contributed by atoms with Gasteiger partial charge in [-0.15, -0.1) is 0 Å². The fraction of sp³-hybridized carbons (Fsp3) is 0.485. The molecule has 13 heteroatoms. The van der Waals surface area contributed by atoms with Crippen LogP contribution in [0.3, 0.4) is 0 Å². The number of ether oxygens (including phenoxy) is 2. The highest BCUT2D eigenvalue weighted by molar-refractivity contribution is 5.94. The zero-order valence-corrected chi connectivity index (χ0v) is 26.0. The summed E-state index contributed by atoms with van der Waals surface area (Å²) in [4.78, 5) is 50.7. The van der Waals surface area contributed by atoms with Gasteiger partial charge in [-0.2, -0.15) is 5.10 Å². The maximum Gasteiger partial charge on any atom is 0.270 e. The maximum atomic E-state index is 14.6. The number of halogens is 1. The van der Waals surface area contributed by atoms with Gasteiger partial charge in [0.15, 0.2) is 0 Å².